The lowest BCUT2D eigenvalue weighted by molar-refractivity contribution is 0.494. The standard InChI is InChI=1S/C13H22O3SSi/c1-5-18(6-2,7-3)13-11-9-8-10-12(13)16-17(4,14)15/h8-11H,5-7H2,1-4H3. The van der Waals surface area contributed by atoms with Crippen LogP contribution in [0.25, 0.3) is 0 Å². The second-order valence-electron chi connectivity index (χ2n) is 4.62. The van der Waals surface area contributed by atoms with E-state index in [1.54, 1.807) is 6.07 Å². The molecule has 0 spiro atoms. The Morgan fingerprint density at radius 2 is 1.56 bits per heavy atom. The molecule has 0 heterocycles. The van der Waals surface area contributed by atoms with Crippen molar-refractivity contribution < 1.29 is 12.6 Å². The van der Waals surface area contributed by atoms with E-state index in [9.17, 15) is 8.42 Å². The Balaban J connectivity index is 3.31. The predicted molar refractivity (Wildman–Crippen MR) is 78.7 cm³/mol. The molecular formula is C13H22O3SSi. The Hall–Kier alpha value is -0.813. The fourth-order valence-electron chi connectivity index (χ4n) is 2.46. The molecular weight excluding hydrogens is 264 g/mol. The molecule has 0 aliphatic rings. The number of hydrogen-bond acceptors (Lipinski definition) is 3. The van der Waals surface area contributed by atoms with Gasteiger partial charge in [-0.3, -0.25) is 0 Å². The second kappa shape index (κ2) is 5.89. The maximum Gasteiger partial charge on any atom is 0.306 e. The van der Waals surface area contributed by atoms with Gasteiger partial charge < -0.3 is 4.18 Å². The van der Waals surface area contributed by atoms with Crippen LogP contribution in [0.3, 0.4) is 0 Å². The SMILES string of the molecule is CC[Si](CC)(CC)c1ccccc1OS(C)(=O)=O. The van der Waals surface area contributed by atoms with Gasteiger partial charge in [0.25, 0.3) is 0 Å². The van der Waals surface area contributed by atoms with Crippen molar-refractivity contribution in [2.24, 2.45) is 0 Å². The first-order chi connectivity index (χ1) is 8.38. The minimum atomic E-state index is -3.46. The van der Waals surface area contributed by atoms with Gasteiger partial charge in [-0.2, -0.15) is 8.42 Å². The quantitative estimate of drug-likeness (QED) is 0.596. The zero-order valence-corrected chi connectivity index (χ0v) is 13.4. The third-order valence-electron chi connectivity index (χ3n) is 3.73. The van der Waals surface area contributed by atoms with Crippen molar-refractivity contribution in [3.63, 3.8) is 0 Å². The highest BCUT2D eigenvalue weighted by Gasteiger charge is 2.32. The Kier molecular flexibility index (Phi) is 4.98. The molecule has 0 radical (unpaired) electrons. The van der Waals surface area contributed by atoms with Crippen molar-refractivity contribution in [2.75, 3.05) is 6.26 Å². The Morgan fingerprint density at radius 3 is 2.00 bits per heavy atom. The third kappa shape index (κ3) is 3.35. The van der Waals surface area contributed by atoms with Crippen molar-refractivity contribution in [3.05, 3.63) is 24.3 Å². The average molecular weight is 286 g/mol. The summed E-state index contributed by atoms with van der Waals surface area (Å²) in [7, 11) is -5.09. The van der Waals surface area contributed by atoms with E-state index in [0.717, 1.165) is 29.6 Å². The number of benzene rings is 1. The highest BCUT2D eigenvalue weighted by atomic mass is 32.2. The van der Waals surface area contributed by atoms with E-state index in [2.05, 4.69) is 20.8 Å². The van der Waals surface area contributed by atoms with Gasteiger partial charge in [0, 0.05) is 0 Å². The van der Waals surface area contributed by atoms with Crippen molar-refractivity contribution >= 4 is 23.4 Å². The van der Waals surface area contributed by atoms with E-state index in [1.807, 2.05) is 18.2 Å². The molecule has 0 N–H and O–H groups in total. The van der Waals surface area contributed by atoms with E-state index < -0.39 is 18.2 Å². The van der Waals surface area contributed by atoms with Crippen LogP contribution in [0.15, 0.2) is 24.3 Å². The largest absolute Gasteiger partial charge is 0.383 e. The summed E-state index contributed by atoms with van der Waals surface area (Å²) < 4.78 is 27.8. The predicted octanol–water partition coefficient (Wildman–Crippen LogP) is 2.74. The lowest BCUT2D eigenvalue weighted by Crippen LogP contribution is -2.46. The number of hydrogen-bond donors (Lipinski definition) is 0. The first-order valence-electron chi connectivity index (χ1n) is 6.37. The van der Waals surface area contributed by atoms with Crippen molar-refractivity contribution in [3.8, 4) is 5.75 Å². The molecule has 0 bridgehead atoms. The summed E-state index contributed by atoms with van der Waals surface area (Å²) in [6.07, 6.45) is 1.09. The van der Waals surface area contributed by atoms with E-state index >= 15 is 0 Å². The fourth-order valence-corrected chi connectivity index (χ4v) is 6.76. The normalized spacial score (nSPS) is 12.4. The Bertz CT molecular complexity index is 484. The molecule has 5 heteroatoms. The van der Waals surface area contributed by atoms with Crippen LogP contribution in [0.2, 0.25) is 18.1 Å². The number of rotatable bonds is 6. The van der Waals surface area contributed by atoms with Crippen molar-refractivity contribution in [1.82, 2.24) is 0 Å². The molecule has 0 saturated carbocycles. The van der Waals surface area contributed by atoms with Gasteiger partial charge in [0.05, 0.1) is 14.3 Å². The minimum Gasteiger partial charge on any atom is -0.383 e. The lowest BCUT2D eigenvalue weighted by atomic mass is 10.3. The van der Waals surface area contributed by atoms with Gasteiger partial charge in [0.15, 0.2) is 0 Å². The molecule has 0 fully saturated rings. The van der Waals surface area contributed by atoms with E-state index in [-0.39, 0.29) is 0 Å². The fraction of sp³-hybridized carbons (Fsp3) is 0.538. The molecule has 0 aromatic heterocycles. The van der Waals surface area contributed by atoms with Gasteiger partial charge in [-0.25, -0.2) is 0 Å². The maximum absolute atomic E-state index is 11.3. The van der Waals surface area contributed by atoms with Crippen LogP contribution in [-0.4, -0.2) is 22.7 Å². The summed E-state index contributed by atoms with van der Waals surface area (Å²) in [4.78, 5) is 0. The molecule has 0 aliphatic carbocycles. The topological polar surface area (TPSA) is 43.4 Å². The number of para-hydroxylation sites is 1. The van der Waals surface area contributed by atoms with Crippen LogP contribution in [0, 0.1) is 0 Å². The second-order valence-corrected chi connectivity index (χ2v) is 11.4. The van der Waals surface area contributed by atoms with Crippen LogP contribution in [0.1, 0.15) is 20.8 Å². The first kappa shape index (κ1) is 15.2. The monoisotopic (exact) mass is 286 g/mol. The molecule has 1 rings (SSSR count). The molecule has 3 nitrogen and oxygen atoms in total. The van der Waals surface area contributed by atoms with Gasteiger partial charge >= 0.3 is 10.1 Å². The van der Waals surface area contributed by atoms with Gasteiger partial charge in [-0.1, -0.05) is 57.1 Å². The summed E-state index contributed by atoms with van der Waals surface area (Å²) in [5, 5.41) is 1.13. The molecule has 0 unspecified atom stereocenters. The summed E-state index contributed by atoms with van der Waals surface area (Å²) in [5.74, 6) is 0.525. The zero-order chi connectivity index (χ0) is 13.8. The van der Waals surface area contributed by atoms with Crippen LogP contribution in [0.5, 0.6) is 5.75 Å². The maximum atomic E-state index is 11.3. The average Bonchev–Trinajstić information content (AvgIpc) is 2.32. The molecule has 0 amide bonds. The van der Waals surface area contributed by atoms with Crippen LogP contribution >= 0.6 is 0 Å². The third-order valence-corrected chi connectivity index (χ3v) is 9.83. The van der Waals surface area contributed by atoms with Gasteiger partial charge in [-0.15, -0.1) is 0 Å². The van der Waals surface area contributed by atoms with E-state index in [4.69, 9.17) is 4.18 Å². The Morgan fingerprint density at radius 1 is 1.06 bits per heavy atom. The van der Waals surface area contributed by atoms with Crippen LogP contribution < -0.4 is 9.37 Å². The van der Waals surface area contributed by atoms with Crippen molar-refractivity contribution in [2.45, 2.75) is 38.9 Å². The molecule has 0 aliphatic heterocycles. The summed E-state index contributed by atoms with van der Waals surface area (Å²) in [6.45, 7) is 6.57. The zero-order valence-electron chi connectivity index (χ0n) is 11.6. The van der Waals surface area contributed by atoms with Gasteiger partial charge in [0.1, 0.15) is 5.75 Å². The van der Waals surface area contributed by atoms with Crippen LogP contribution in [-0.2, 0) is 10.1 Å². The summed E-state index contributed by atoms with van der Waals surface area (Å²) >= 11 is 0. The molecule has 1 aromatic carbocycles. The molecule has 1 aromatic rings. The van der Waals surface area contributed by atoms with Gasteiger partial charge in [-0.05, 0) is 11.3 Å². The molecule has 0 atom stereocenters. The lowest BCUT2D eigenvalue weighted by Gasteiger charge is -2.30. The molecule has 18 heavy (non-hydrogen) atoms. The molecule has 102 valence electrons. The Labute approximate surface area is 111 Å². The van der Waals surface area contributed by atoms with Crippen molar-refractivity contribution in [1.29, 1.82) is 0 Å². The van der Waals surface area contributed by atoms with E-state index in [0.29, 0.717) is 5.75 Å². The van der Waals surface area contributed by atoms with Gasteiger partial charge in [0.2, 0.25) is 0 Å². The summed E-state index contributed by atoms with van der Waals surface area (Å²) in [6, 6.07) is 10.9. The minimum absolute atomic E-state index is 0.525. The smallest absolute Gasteiger partial charge is 0.306 e. The van der Waals surface area contributed by atoms with Crippen LogP contribution in [0.4, 0.5) is 0 Å². The molecule has 0 saturated heterocycles. The summed E-state index contributed by atoms with van der Waals surface area (Å²) in [5.41, 5.74) is 0. The van der Waals surface area contributed by atoms with E-state index in [1.165, 1.54) is 0 Å². The first-order valence-corrected chi connectivity index (χ1v) is 10.8. The highest BCUT2D eigenvalue weighted by molar-refractivity contribution is 7.86. The highest BCUT2D eigenvalue weighted by Crippen LogP contribution is 2.25.